The van der Waals surface area contributed by atoms with E-state index in [1.54, 1.807) is 24.1 Å². The fourth-order valence-electron chi connectivity index (χ4n) is 3.42. The summed E-state index contributed by atoms with van der Waals surface area (Å²) >= 11 is 8.98. The van der Waals surface area contributed by atoms with Crippen LogP contribution in [0.3, 0.4) is 0 Å². The zero-order chi connectivity index (χ0) is 21.8. The van der Waals surface area contributed by atoms with E-state index in [4.69, 9.17) is 31.9 Å². The minimum absolute atomic E-state index is 0.0307. The molecule has 8 nitrogen and oxygen atoms in total. The lowest BCUT2D eigenvalue weighted by Crippen LogP contribution is -2.41. The molecule has 0 saturated carbocycles. The van der Waals surface area contributed by atoms with Crippen LogP contribution in [-0.4, -0.2) is 59.4 Å². The third-order valence-corrected chi connectivity index (χ3v) is 7.21. The van der Waals surface area contributed by atoms with Crippen LogP contribution in [-0.2, 0) is 4.79 Å². The van der Waals surface area contributed by atoms with Crippen LogP contribution in [0.2, 0.25) is 5.02 Å². The Bertz CT molecular complexity index is 939. The molecule has 0 bridgehead atoms. The number of rotatable bonds is 9. The molecular formula is C19H22ClN3O5S2. The molecule has 162 valence electrons. The Morgan fingerprint density at radius 1 is 1.43 bits per heavy atom. The first kappa shape index (κ1) is 22.7. The molecule has 1 fully saturated rings. The number of aromatic carboxylic acids is 1. The van der Waals surface area contributed by atoms with Crippen molar-refractivity contribution in [2.45, 2.75) is 29.3 Å². The average molecular weight is 472 g/mol. The average Bonchev–Trinajstić information content (AvgIpc) is 3.35. The number of hydrogen-bond donors (Lipinski definition) is 2. The molecule has 1 aliphatic heterocycles. The number of thiazole rings is 1. The maximum Gasteiger partial charge on any atom is 0.355 e. The summed E-state index contributed by atoms with van der Waals surface area (Å²) in [4.78, 5) is 29.3. The zero-order valence-electron chi connectivity index (χ0n) is 16.5. The first-order valence-electron chi connectivity index (χ1n) is 9.13. The van der Waals surface area contributed by atoms with Crippen molar-refractivity contribution in [2.75, 3.05) is 26.5 Å². The molecule has 0 radical (unpaired) electrons. The van der Waals surface area contributed by atoms with Crippen molar-refractivity contribution in [3.05, 3.63) is 33.8 Å². The molecule has 0 aliphatic carbocycles. The Morgan fingerprint density at radius 2 is 2.17 bits per heavy atom. The van der Waals surface area contributed by atoms with Gasteiger partial charge in [0.05, 0.1) is 31.3 Å². The van der Waals surface area contributed by atoms with Gasteiger partial charge in [-0.2, -0.15) is 0 Å². The molecular weight excluding hydrogens is 450 g/mol. The molecule has 0 spiro atoms. The van der Waals surface area contributed by atoms with Gasteiger partial charge in [-0.3, -0.25) is 4.79 Å². The standard InChI is InChI=1S/C19H22ClN3O5S2/c1-27-14-8-15(28-2)11(20)7-10(14)17(21)13-3-4-16(24)23(13)5-6-29-19-22-12(9-30-19)18(25)26/h7-9,13,17H,3-6,21H2,1-2H3,(H,25,26)/t13-,17?/m1/s1. The molecule has 3 rings (SSSR count). The highest BCUT2D eigenvalue weighted by molar-refractivity contribution is 8.01. The number of carboxylic acids is 1. The first-order valence-corrected chi connectivity index (χ1v) is 11.4. The highest BCUT2D eigenvalue weighted by Crippen LogP contribution is 2.39. The number of aromatic nitrogens is 1. The lowest BCUT2D eigenvalue weighted by molar-refractivity contribution is -0.128. The number of halogens is 1. The minimum atomic E-state index is -1.05. The van der Waals surface area contributed by atoms with E-state index >= 15 is 0 Å². The Kier molecular flexibility index (Phi) is 7.45. The fraction of sp³-hybridized carbons (Fsp3) is 0.421. The number of nitrogens with two attached hydrogens (primary N) is 1. The number of thioether (sulfide) groups is 1. The van der Waals surface area contributed by atoms with Crippen molar-refractivity contribution in [2.24, 2.45) is 5.73 Å². The molecule has 2 aromatic rings. The summed E-state index contributed by atoms with van der Waals surface area (Å²) in [5, 5.41) is 10.9. The first-order chi connectivity index (χ1) is 14.3. The summed E-state index contributed by atoms with van der Waals surface area (Å²) in [6.45, 7) is 0.482. The van der Waals surface area contributed by atoms with Crippen molar-refractivity contribution in [3.63, 3.8) is 0 Å². The van der Waals surface area contributed by atoms with E-state index in [0.29, 0.717) is 51.6 Å². The number of carbonyl (C=O) groups is 2. The maximum atomic E-state index is 12.5. The number of likely N-dealkylation sites (tertiary alicyclic amines) is 1. The van der Waals surface area contributed by atoms with Gasteiger partial charge in [-0.1, -0.05) is 23.4 Å². The summed E-state index contributed by atoms with van der Waals surface area (Å²) in [7, 11) is 3.07. The van der Waals surface area contributed by atoms with Crippen LogP contribution in [0.25, 0.3) is 0 Å². The van der Waals surface area contributed by atoms with Gasteiger partial charge in [0.25, 0.3) is 0 Å². The van der Waals surface area contributed by atoms with Gasteiger partial charge in [-0.25, -0.2) is 9.78 Å². The number of benzene rings is 1. The normalized spacial score (nSPS) is 17.3. The van der Waals surface area contributed by atoms with E-state index in [-0.39, 0.29) is 17.6 Å². The molecule has 1 aromatic heterocycles. The van der Waals surface area contributed by atoms with Crippen molar-refractivity contribution in [3.8, 4) is 11.5 Å². The second-order valence-corrected chi connectivity index (χ2v) is 9.21. The number of ether oxygens (including phenoxy) is 2. The van der Waals surface area contributed by atoms with Gasteiger partial charge < -0.3 is 25.2 Å². The van der Waals surface area contributed by atoms with Gasteiger partial charge in [-0.05, 0) is 12.5 Å². The van der Waals surface area contributed by atoms with E-state index in [2.05, 4.69) is 4.98 Å². The number of amides is 1. The maximum absolute atomic E-state index is 12.5. The molecule has 1 unspecified atom stereocenters. The molecule has 1 amide bonds. The van der Waals surface area contributed by atoms with Gasteiger partial charge >= 0.3 is 5.97 Å². The van der Waals surface area contributed by atoms with Crippen LogP contribution in [0.4, 0.5) is 0 Å². The van der Waals surface area contributed by atoms with Crippen LogP contribution in [0, 0.1) is 0 Å². The molecule has 1 aliphatic rings. The molecule has 2 atom stereocenters. The highest BCUT2D eigenvalue weighted by atomic mass is 35.5. The minimum Gasteiger partial charge on any atom is -0.496 e. The van der Waals surface area contributed by atoms with E-state index in [9.17, 15) is 9.59 Å². The Labute approximate surface area is 187 Å². The second-order valence-electron chi connectivity index (χ2n) is 6.60. The Hall–Kier alpha value is -2.01. The van der Waals surface area contributed by atoms with E-state index in [1.807, 2.05) is 0 Å². The van der Waals surface area contributed by atoms with E-state index < -0.39 is 12.0 Å². The van der Waals surface area contributed by atoms with Crippen LogP contribution in [0.15, 0.2) is 21.9 Å². The van der Waals surface area contributed by atoms with Crippen molar-refractivity contribution < 1.29 is 24.2 Å². The topological polar surface area (TPSA) is 115 Å². The van der Waals surface area contributed by atoms with Crippen LogP contribution >= 0.6 is 34.7 Å². The highest BCUT2D eigenvalue weighted by Gasteiger charge is 2.36. The lowest BCUT2D eigenvalue weighted by Gasteiger charge is -2.30. The summed E-state index contributed by atoms with van der Waals surface area (Å²) in [6, 6.07) is 2.75. The van der Waals surface area contributed by atoms with Crippen LogP contribution < -0.4 is 15.2 Å². The number of nitrogens with zero attached hydrogens (tertiary/aromatic N) is 2. The fourth-order valence-corrected chi connectivity index (χ4v) is 5.48. The summed E-state index contributed by atoms with van der Waals surface area (Å²) in [6.07, 6.45) is 1.06. The van der Waals surface area contributed by atoms with Gasteiger partial charge in [0.1, 0.15) is 11.5 Å². The summed E-state index contributed by atoms with van der Waals surface area (Å²) < 4.78 is 11.4. The predicted octanol–water partition coefficient (Wildman–Crippen LogP) is 3.30. The van der Waals surface area contributed by atoms with Crippen molar-refractivity contribution in [1.82, 2.24) is 9.88 Å². The number of methoxy groups -OCH3 is 2. The van der Waals surface area contributed by atoms with E-state index in [0.717, 1.165) is 0 Å². The number of carbonyl (C=O) groups excluding carboxylic acids is 1. The van der Waals surface area contributed by atoms with E-state index in [1.165, 1.54) is 35.6 Å². The lowest BCUT2D eigenvalue weighted by atomic mass is 9.97. The van der Waals surface area contributed by atoms with Gasteiger partial charge in [-0.15, -0.1) is 11.3 Å². The Balaban J connectivity index is 1.71. The molecule has 11 heteroatoms. The largest absolute Gasteiger partial charge is 0.496 e. The third-order valence-electron chi connectivity index (χ3n) is 4.91. The smallest absolute Gasteiger partial charge is 0.355 e. The zero-order valence-corrected chi connectivity index (χ0v) is 18.9. The van der Waals surface area contributed by atoms with Crippen LogP contribution in [0.5, 0.6) is 11.5 Å². The molecule has 2 heterocycles. The Morgan fingerprint density at radius 3 is 2.80 bits per heavy atom. The SMILES string of the molecule is COc1cc(OC)c(C(N)[C@H]2CCC(=O)N2CCSc2nc(C(=O)O)cs2)cc1Cl. The third kappa shape index (κ3) is 4.83. The summed E-state index contributed by atoms with van der Waals surface area (Å²) in [5.41, 5.74) is 7.30. The van der Waals surface area contributed by atoms with Crippen LogP contribution in [0.1, 0.15) is 34.9 Å². The van der Waals surface area contributed by atoms with Crippen molar-refractivity contribution >= 4 is 46.6 Å². The number of carboxylic acid groups (broad SMARTS) is 1. The molecule has 3 N–H and O–H groups in total. The van der Waals surface area contributed by atoms with Crippen molar-refractivity contribution in [1.29, 1.82) is 0 Å². The molecule has 30 heavy (non-hydrogen) atoms. The van der Waals surface area contributed by atoms with Gasteiger partial charge in [0, 0.05) is 35.7 Å². The quantitative estimate of drug-likeness (QED) is 0.535. The molecule has 1 aromatic carbocycles. The summed E-state index contributed by atoms with van der Waals surface area (Å²) in [5.74, 6) is 0.624. The monoisotopic (exact) mass is 471 g/mol. The van der Waals surface area contributed by atoms with Gasteiger partial charge in [0.15, 0.2) is 10.0 Å². The predicted molar refractivity (Wildman–Crippen MR) is 116 cm³/mol. The van der Waals surface area contributed by atoms with Gasteiger partial charge in [0.2, 0.25) is 5.91 Å². The number of hydrogen-bond acceptors (Lipinski definition) is 8. The second kappa shape index (κ2) is 9.86. The molecule has 1 saturated heterocycles.